The Balaban J connectivity index is 1.71. The lowest BCUT2D eigenvalue weighted by Crippen LogP contribution is -2.52. The molecule has 0 aromatic heterocycles. The number of esters is 1. The third-order valence-corrected chi connectivity index (χ3v) is 8.04. The van der Waals surface area contributed by atoms with E-state index in [4.69, 9.17) is 4.74 Å². The average Bonchev–Trinajstić information content (AvgIpc) is 2.90. The van der Waals surface area contributed by atoms with Gasteiger partial charge in [0, 0.05) is 25.2 Å². The van der Waals surface area contributed by atoms with Gasteiger partial charge in [-0.25, -0.2) is 0 Å². The third-order valence-electron chi connectivity index (χ3n) is 5.86. The van der Waals surface area contributed by atoms with Gasteiger partial charge in [-0.3, -0.25) is 4.79 Å². The molecule has 132 valence electrons. The van der Waals surface area contributed by atoms with Crippen LogP contribution < -0.4 is 0 Å². The molecule has 3 rings (SSSR count). The van der Waals surface area contributed by atoms with E-state index in [1.165, 1.54) is 13.5 Å². The van der Waals surface area contributed by atoms with Gasteiger partial charge < -0.3 is 4.74 Å². The maximum absolute atomic E-state index is 13.1. The summed E-state index contributed by atoms with van der Waals surface area (Å²) in [6.45, 7) is 2.88. The summed E-state index contributed by atoms with van der Waals surface area (Å²) in [6, 6.07) is 0.272. The number of carbonyl (C=O) groups is 1. The van der Waals surface area contributed by atoms with Crippen LogP contribution in [-0.2, 0) is 19.7 Å². The molecule has 7 heteroatoms. The molecule has 6 nitrogen and oxygen atoms in total. The van der Waals surface area contributed by atoms with E-state index < -0.39 is 10.2 Å². The van der Waals surface area contributed by atoms with Gasteiger partial charge in [-0.2, -0.15) is 17.0 Å². The predicted molar refractivity (Wildman–Crippen MR) is 86.9 cm³/mol. The van der Waals surface area contributed by atoms with E-state index in [1.807, 2.05) is 6.92 Å². The van der Waals surface area contributed by atoms with E-state index in [2.05, 4.69) is 0 Å². The fourth-order valence-corrected chi connectivity index (χ4v) is 6.79. The molecule has 0 radical (unpaired) electrons. The molecule has 23 heavy (non-hydrogen) atoms. The summed E-state index contributed by atoms with van der Waals surface area (Å²) in [5.74, 6) is 0.148. The van der Waals surface area contributed by atoms with Crippen LogP contribution in [0.15, 0.2) is 0 Å². The van der Waals surface area contributed by atoms with Gasteiger partial charge in [-0.1, -0.05) is 12.8 Å². The standard InChI is InChI=1S/C16H28N2O4S/c1-12-11-14-5-3-4-6-15(14)18(12)23(20,21)17-9-7-13(8-10-17)16(19)22-2/h12-15H,3-11H2,1-2H3/t12-,14+,15-/m1/s1. The van der Waals surface area contributed by atoms with Gasteiger partial charge in [0.1, 0.15) is 0 Å². The molecule has 0 bridgehead atoms. The van der Waals surface area contributed by atoms with E-state index in [0.29, 0.717) is 31.8 Å². The fraction of sp³-hybridized carbons (Fsp3) is 0.938. The summed E-state index contributed by atoms with van der Waals surface area (Å²) < 4.78 is 34.4. The number of carbonyl (C=O) groups excluding carboxylic acids is 1. The first-order chi connectivity index (χ1) is 10.9. The first-order valence-corrected chi connectivity index (χ1v) is 10.2. The summed E-state index contributed by atoms with van der Waals surface area (Å²) in [5, 5.41) is 0. The van der Waals surface area contributed by atoms with E-state index in [0.717, 1.165) is 25.7 Å². The Hall–Kier alpha value is -0.660. The number of hydrogen-bond donors (Lipinski definition) is 0. The summed E-state index contributed by atoms with van der Waals surface area (Å²) in [7, 11) is -2.03. The molecular formula is C16H28N2O4S. The van der Waals surface area contributed by atoms with E-state index in [9.17, 15) is 13.2 Å². The Morgan fingerprint density at radius 1 is 1.09 bits per heavy atom. The van der Waals surface area contributed by atoms with Crippen LogP contribution in [0.2, 0.25) is 0 Å². The van der Waals surface area contributed by atoms with E-state index in [1.54, 1.807) is 8.61 Å². The molecule has 0 spiro atoms. The van der Waals surface area contributed by atoms with Crippen LogP contribution in [0.4, 0.5) is 0 Å². The van der Waals surface area contributed by atoms with Crippen LogP contribution in [0.5, 0.6) is 0 Å². The van der Waals surface area contributed by atoms with Crippen LogP contribution in [0, 0.1) is 11.8 Å². The highest BCUT2D eigenvalue weighted by Crippen LogP contribution is 2.42. The normalized spacial score (nSPS) is 34.3. The molecule has 0 unspecified atom stereocenters. The minimum absolute atomic E-state index is 0.0893. The Morgan fingerprint density at radius 3 is 2.39 bits per heavy atom. The lowest BCUT2D eigenvalue weighted by atomic mass is 9.85. The van der Waals surface area contributed by atoms with Gasteiger partial charge in [0.05, 0.1) is 13.0 Å². The van der Waals surface area contributed by atoms with Gasteiger partial charge in [0.2, 0.25) is 0 Å². The Bertz CT molecular complexity index is 542. The van der Waals surface area contributed by atoms with Crippen molar-refractivity contribution in [1.29, 1.82) is 0 Å². The monoisotopic (exact) mass is 344 g/mol. The van der Waals surface area contributed by atoms with Crippen LogP contribution >= 0.6 is 0 Å². The van der Waals surface area contributed by atoms with Crippen LogP contribution in [0.3, 0.4) is 0 Å². The summed E-state index contributed by atoms with van der Waals surface area (Å²) >= 11 is 0. The van der Waals surface area contributed by atoms with Gasteiger partial charge in [-0.05, 0) is 44.9 Å². The number of methoxy groups -OCH3 is 1. The number of fused-ring (bicyclic) bond motifs is 1. The van der Waals surface area contributed by atoms with E-state index >= 15 is 0 Å². The largest absolute Gasteiger partial charge is 0.469 e. The van der Waals surface area contributed by atoms with E-state index in [-0.39, 0.29) is 24.0 Å². The van der Waals surface area contributed by atoms with Crippen LogP contribution in [-0.4, -0.2) is 55.3 Å². The molecule has 3 aliphatic rings. The Morgan fingerprint density at radius 2 is 1.74 bits per heavy atom. The zero-order valence-electron chi connectivity index (χ0n) is 14.1. The minimum Gasteiger partial charge on any atom is -0.469 e. The minimum atomic E-state index is -3.42. The lowest BCUT2D eigenvalue weighted by molar-refractivity contribution is -0.146. The molecule has 2 aliphatic heterocycles. The van der Waals surface area contributed by atoms with Crippen LogP contribution in [0.1, 0.15) is 51.9 Å². The number of ether oxygens (including phenoxy) is 1. The first-order valence-electron chi connectivity index (χ1n) is 8.81. The van der Waals surface area contributed by atoms with Crippen molar-refractivity contribution in [3.8, 4) is 0 Å². The molecule has 1 saturated carbocycles. The van der Waals surface area contributed by atoms with Crippen molar-refractivity contribution in [2.45, 2.75) is 64.0 Å². The van der Waals surface area contributed by atoms with Crippen molar-refractivity contribution in [2.75, 3.05) is 20.2 Å². The Kier molecular flexibility index (Phi) is 4.99. The highest BCUT2D eigenvalue weighted by Gasteiger charge is 2.48. The molecule has 2 heterocycles. The van der Waals surface area contributed by atoms with Crippen molar-refractivity contribution < 1.29 is 17.9 Å². The number of nitrogens with zero attached hydrogens (tertiary/aromatic N) is 2. The molecule has 0 N–H and O–H groups in total. The molecule has 0 aromatic rings. The predicted octanol–water partition coefficient (Wildman–Crippen LogP) is 1.77. The smallest absolute Gasteiger partial charge is 0.308 e. The van der Waals surface area contributed by atoms with Crippen molar-refractivity contribution >= 4 is 16.2 Å². The Labute approximate surface area is 139 Å². The molecule has 1 aliphatic carbocycles. The molecule has 3 fully saturated rings. The number of rotatable bonds is 3. The summed E-state index contributed by atoms with van der Waals surface area (Å²) in [4.78, 5) is 11.6. The maximum Gasteiger partial charge on any atom is 0.308 e. The van der Waals surface area contributed by atoms with Crippen molar-refractivity contribution in [3.63, 3.8) is 0 Å². The van der Waals surface area contributed by atoms with Gasteiger partial charge in [0.15, 0.2) is 0 Å². The molecular weight excluding hydrogens is 316 g/mol. The summed E-state index contributed by atoms with van der Waals surface area (Å²) in [5.41, 5.74) is 0. The summed E-state index contributed by atoms with van der Waals surface area (Å²) in [6.07, 6.45) is 6.61. The van der Waals surface area contributed by atoms with Crippen molar-refractivity contribution in [3.05, 3.63) is 0 Å². The van der Waals surface area contributed by atoms with Gasteiger partial charge in [0.25, 0.3) is 10.2 Å². The molecule has 0 aromatic carbocycles. The second-order valence-corrected chi connectivity index (χ2v) is 9.06. The molecule has 0 amide bonds. The first kappa shape index (κ1) is 17.2. The molecule has 3 atom stereocenters. The second kappa shape index (κ2) is 6.69. The zero-order chi connectivity index (χ0) is 16.6. The van der Waals surface area contributed by atoms with Crippen molar-refractivity contribution in [1.82, 2.24) is 8.61 Å². The second-order valence-electron chi connectivity index (χ2n) is 7.23. The third kappa shape index (κ3) is 3.15. The SMILES string of the molecule is COC(=O)C1CCN(S(=O)(=O)N2[C@H](C)C[C@@H]3CCCC[C@H]32)CC1. The zero-order valence-corrected chi connectivity index (χ0v) is 14.9. The van der Waals surface area contributed by atoms with Crippen molar-refractivity contribution in [2.24, 2.45) is 11.8 Å². The quantitative estimate of drug-likeness (QED) is 0.732. The molecule has 2 saturated heterocycles. The maximum atomic E-state index is 13.1. The highest BCUT2D eigenvalue weighted by atomic mass is 32.2. The average molecular weight is 344 g/mol. The number of hydrogen-bond acceptors (Lipinski definition) is 4. The lowest BCUT2D eigenvalue weighted by Gasteiger charge is -2.38. The number of piperidine rings is 1. The van der Waals surface area contributed by atoms with Crippen LogP contribution in [0.25, 0.3) is 0 Å². The van der Waals surface area contributed by atoms with Gasteiger partial charge >= 0.3 is 5.97 Å². The fourth-order valence-electron chi connectivity index (χ4n) is 4.69. The topological polar surface area (TPSA) is 66.9 Å². The van der Waals surface area contributed by atoms with Gasteiger partial charge in [-0.15, -0.1) is 0 Å². The highest BCUT2D eigenvalue weighted by molar-refractivity contribution is 7.86.